The van der Waals surface area contributed by atoms with Gasteiger partial charge in [0.25, 0.3) is 0 Å². The van der Waals surface area contributed by atoms with Gasteiger partial charge in [-0.25, -0.2) is 4.98 Å². The van der Waals surface area contributed by atoms with E-state index in [0.717, 1.165) is 22.8 Å². The Hall–Kier alpha value is -1.36. The van der Waals surface area contributed by atoms with E-state index in [4.69, 9.17) is 16.0 Å². The summed E-state index contributed by atoms with van der Waals surface area (Å²) < 4.78 is 5.64. The van der Waals surface area contributed by atoms with Gasteiger partial charge < -0.3 is 9.73 Å². The van der Waals surface area contributed by atoms with Crippen LogP contribution in [0.1, 0.15) is 31.4 Å². The van der Waals surface area contributed by atoms with Crippen molar-refractivity contribution < 1.29 is 4.42 Å². The van der Waals surface area contributed by atoms with Crippen molar-refractivity contribution in [2.75, 3.05) is 7.05 Å². The zero-order valence-corrected chi connectivity index (χ0v) is 14.1. The lowest BCUT2D eigenvalue weighted by Gasteiger charge is -2.35. The molecular formula is C18H22ClN3O. The van der Waals surface area contributed by atoms with Gasteiger partial charge in [0.05, 0.1) is 5.69 Å². The van der Waals surface area contributed by atoms with Crippen molar-refractivity contribution in [3.05, 3.63) is 41.2 Å². The fraction of sp³-hybridized carbons (Fsp3) is 0.500. The molecule has 2 fully saturated rings. The van der Waals surface area contributed by atoms with Crippen LogP contribution >= 0.6 is 11.6 Å². The van der Waals surface area contributed by atoms with Gasteiger partial charge in [-0.1, -0.05) is 11.6 Å². The molecule has 0 aliphatic carbocycles. The van der Waals surface area contributed by atoms with Crippen molar-refractivity contribution >= 4 is 11.6 Å². The molecule has 2 atom stereocenters. The highest BCUT2D eigenvalue weighted by Crippen LogP contribution is 2.30. The van der Waals surface area contributed by atoms with Gasteiger partial charge in [-0.15, -0.1) is 0 Å². The molecule has 23 heavy (non-hydrogen) atoms. The number of aromatic nitrogens is 1. The zero-order chi connectivity index (χ0) is 15.8. The van der Waals surface area contributed by atoms with Crippen LogP contribution in [0.25, 0.3) is 11.5 Å². The number of oxazole rings is 1. The molecule has 2 bridgehead atoms. The Bertz CT molecular complexity index is 657. The molecule has 4 nitrogen and oxygen atoms in total. The predicted octanol–water partition coefficient (Wildman–Crippen LogP) is 3.71. The second-order valence-corrected chi connectivity index (χ2v) is 7.27. The molecule has 0 saturated carbocycles. The number of nitrogens with zero attached hydrogens (tertiary/aromatic N) is 2. The van der Waals surface area contributed by atoms with Gasteiger partial charge >= 0.3 is 0 Å². The number of fused-ring (bicyclic) bond motifs is 2. The average Bonchev–Trinajstić information content (AvgIpc) is 3.14. The van der Waals surface area contributed by atoms with Gasteiger partial charge in [-0.05, 0) is 57.0 Å². The Morgan fingerprint density at radius 3 is 2.61 bits per heavy atom. The van der Waals surface area contributed by atoms with E-state index in [1.165, 1.54) is 25.7 Å². The van der Waals surface area contributed by atoms with Crippen LogP contribution in [-0.2, 0) is 6.54 Å². The highest BCUT2D eigenvalue weighted by atomic mass is 35.5. The van der Waals surface area contributed by atoms with E-state index in [9.17, 15) is 0 Å². The van der Waals surface area contributed by atoms with Crippen molar-refractivity contribution in [3.63, 3.8) is 0 Å². The summed E-state index contributed by atoms with van der Waals surface area (Å²) in [5.41, 5.74) is 1.95. The van der Waals surface area contributed by atoms with Crippen LogP contribution in [0.3, 0.4) is 0 Å². The summed E-state index contributed by atoms with van der Waals surface area (Å²) in [6.07, 6.45) is 6.93. The smallest absolute Gasteiger partial charge is 0.226 e. The summed E-state index contributed by atoms with van der Waals surface area (Å²) >= 11 is 5.93. The standard InChI is InChI=1S/C18H22ClN3O/c1-22(17-8-14-6-7-15(9-17)20-14)10-16-11-23-18(21-16)12-2-4-13(19)5-3-12/h2-5,11,14-15,17,20H,6-10H2,1H3. The first-order valence-corrected chi connectivity index (χ1v) is 8.72. The normalized spacial score (nSPS) is 26.8. The number of hydrogen-bond donors (Lipinski definition) is 1. The largest absolute Gasteiger partial charge is 0.444 e. The SMILES string of the molecule is CN(Cc1coc(-c2ccc(Cl)cc2)n1)C1CC2CCC(C1)N2. The Morgan fingerprint density at radius 2 is 1.91 bits per heavy atom. The van der Waals surface area contributed by atoms with Gasteiger partial charge in [0, 0.05) is 35.3 Å². The molecule has 5 heteroatoms. The molecule has 1 aromatic carbocycles. The molecule has 2 saturated heterocycles. The number of benzene rings is 1. The first kappa shape index (κ1) is 15.2. The number of rotatable bonds is 4. The topological polar surface area (TPSA) is 41.3 Å². The van der Waals surface area contributed by atoms with Crippen molar-refractivity contribution in [1.82, 2.24) is 15.2 Å². The van der Waals surface area contributed by atoms with Gasteiger partial charge in [0.15, 0.2) is 0 Å². The minimum absolute atomic E-state index is 0.643. The minimum atomic E-state index is 0.643. The highest BCUT2D eigenvalue weighted by molar-refractivity contribution is 6.30. The van der Waals surface area contributed by atoms with Crippen LogP contribution in [0.4, 0.5) is 0 Å². The summed E-state index contributed by atoms with van der Waals surface area (Å²) in [5, 5.41) is 4.42. The van der Waals surface area contributed by atoms with E-state index in [1.807, 2.05) is 24.3 Å². The fourth-order valence-electron chi connectivity index (χ4n) is 3.88. The van der Waals surface area contributed by atoms with Crippen LogP contribution in [0.2, 0.25) is 5.02 Å². The lowest BCUT2D eigenvalue weighted by Crippen LogP contribution is -2.46. The molecule has 0 radical (unpaired) electrons. The molecule has 2 aromatic rings. The summed E-state index contributed by atoms with van der Waals surface area (Å²) in [4.78, 5) is 7.06. The molecule has 122 valence electrons. The van der Waals surface area contributed by atoms with E-state index in [1.54, 1.807) is 6.26 Å². The Balaban J connectivity index is 1.42. The van der Waals surface area contributed by atoms with E-state index >= 15 is 0 Å². The first-order chi connectivity index (χ1) is 11.2. The molecule has 2 unspecified atom stereocenters. The van der Waals surface area contributed by atoms with E-state index in [-0.39, 0.29) is 0 Å². The summed E-state index contributed by atoms with van der Waals surface area (Å²) in [6, 6.07) is 9.66. The first-order valence-electron chi connectivity index (χ1n) is 8.34. The molecule has 2 aliphatic heterocycles. The third-order valence-electron chi connectivity index (χ3n) is 5.13. The van der Waals surface area contributed by atoms with Gasteiger partial charge in [0.1, 0.15) is 6.26 Å². The number of nitrogens with one attached hydrogen (secondary N) is 1. The number of halogens is 1. The molecule has 1 N–H and O–H groups in total. The van der Waals surface area contributed by atoms with Gasteiger partial charge in [-0.2, -0.15) is 0 Å². The number of hydrogen-bond acceptors (Lipinski definition) is 4. The zero-order valence-electron chi connectivity index (χ0n) is 13.3. The molecule has 0 spiro atoms. The van der Waals surface area contributed by atoms with Crippen LogP contribution in [0.15, 0.2) is 34.9 Å². The summed E-state index contributed by atoms with van der Waals surface area (Å²) in [6.45, 7) is 0.835. The quantitative estimate of drug-likeness (QED) is 0.927. The van der Waals surface area contributed by atoms with Crippen LogP contribution in [-0.4, -0.2) is 35.1 Å². The highest BCUT2D eigenvalue weighted by Gasteiger charge is 2.35. The monoisotopic (exact) mass is 331 g/mol. The lowest BCUT2D eigenvalue weighted by atomic mass is 9.98. The third kappa shape index (κ3) is 3.30. The minimum Gasteiger partial charge on any atom is -0.444 e. The fourth-order valence-corrected chi connectivity index (χ4v) is 4.00. The summed E-state index contributed by atoms with van der Waals surface area (Å²) in [5.74, 6) is 0.662. The van der Waals surface area contributed by atoms with Gasteiger partial charge in [-0.3, -0.25) is 4.90 Å². The van der Waals surface area contributed by atoms with Crippen molar-refractivity contribution in [1.29, 1.82) is 0 Å². The molecule has 2 aliphatic rings. The summed E-state index contributed by atoms with van der Waals surface area (Å²) in [7, 11) is 2.20. The molecular weight excluding hydrogens is 310 g/mol. The second-order valence-electron chi connectivity index (χ2n) is 6.83. The van der Waals surface area contributed by atoms with Crippen molar-refractivity contribution in [3.8, 4) is 11.5 Å². The average molecular weight is 332 g/mol. The van der Waals surface area contributed by atoms with E-state index in [0.29, 0.717) is 24.0 Å². The Kier molecular flexibility index (Phi) is 4.14. The van der Waals surface area contributed by atoms with Crippen LogP contribution < -0.4 is 5.32 Å². The molecule has 0 amide bonds. The van der Waals surface area contributed by atoms with E-state index in [2.05, 4.69) is 22.2 Å². The Morgan fingerprint density at radius 1 is 1.22 bits per heavy atom. The molecule has 3 heterocycles. The lowest BCUT2D eigenvalue weighted by molar-refractivity contribution is 0.164. The predicted molar refractivity (Wildman–Crippen MR) is 91.4 cm³/mol. The maximum absolute atomic E-state index is 5.93. The van der Waals surface area contributed by atoms with Crippen LogP contribution in [0.5, 0.6) is 0 Å². The van der Waals surface area contributed by atoms with Crippen LogP contribution in [0, 0.1) is 0 Å². The Labute approximate surface area is 141 Å². The maximum atomic E-state index is 5.93. The third-order valence-corrected chi connectivity index (χ3v) is 5.38. The van der Waals surface area contributed by atoms with Crippen molar-refractivity contribution in [2.24, 2.45) is 0 Å². The second kappa shape index (κ2) is 6.27. The van der Waals surface area contributed by atoms with Gasteiger partial charge in [0.2, 0.25) is 5.89 Å². The van der Waals surface area contributed by atoms with E-state index < -0.39 is 0 Å². The molecule has 1 aromatic heterocycles. The number of piperidine rings is 1. The molecule has 4 rings (SSSR count). The maximum Gasteiger partial charge on any atom is 0.226 e. The van der Waals surface area contributed by atoms with Crippen molar-refractivity contribution in [2.45, 2.75) is 50.4 Å².